The van der Waals surface area contributed by atoms with Crippen molar-refractivity contribution in [2.45, 2.75) is 94.4 Å². The number of rotatable bonds is 8. The molecule has 0 spiro atoms. The molecule has 1 saturated heterocycles. The predicted octanol–water partition coefficient (Wildman–Crippen LogP) is 5.68. The first kappa shape index (κ1) is 24.5. The van der Waals surface area contributed by atoms with E-state index in [4.69, 9.17) is 4.74 Å². The minimum Gasteiger partial charge on any atom is -0.497 e. The van der Waals surface area contributed by atoms with Crippen LogP contribution in [-0.2, 0) is 11.3 Å². The van der Waals surface area contributed by atoms with E-state index < -0.39 is 0 Å². The van der Waals surface area contributed by atoms with Gasteiger partial charge in [-0.05, 0) is 56.6 Å². The van der Waals surface area contributed by atoms with Crippen LogP contribution in [0.2, 0.25) is 0 Å². The molecule has 0 bridgehead atoms. The fourth-order valence-electron chi connectivity index (χ4n) is 6.29. The molecule has 3 fully saturated rings. The maximum atomic E-state index is 13.3. The molecule has 1 N–H and O–H groups in total. The highest BCUT2D eigenvalue weighted by Gasteiger charge is 2.35. The molecule has 2 saturated carbocycles. The zero-order valence-corrected chi connectivity index (χ0v) is 21.8. The second-order valence-corrected chi connectivity index (χ2v) is 11.2. The fraction of sp³-hybridized carbons (Fsp3) is 0.667. The van der Waals surface area contributed by atoms with E-state index in [1.165, 1.54) is 51.4 Å². The topological polar surface area (TPSA) is 72.3 Å². The van der Waals surface area contributed by atoms with Crippen molar-refractivity contribution in [1.82, 2.24) is 19.7 Å². The van der Waals surface area contributed by atoms with Crippen molar-refractivity contribution in [1.29, 1.82) is 0 Å². The van der Waals surface area contributed by atoms with Crippen LogP contribution in [0.25, 0.3) is 0 Å². The largest absolute Gasteiger partial charge is 0.497 e. The summed E-state index contributed by atoms with van der Waals surface area (Å²) in [4.78, 5) is 15.5. The number of thioether (sulfide) groups is 1. The molecule has 7 nitrogen and oxygen atoms in total. The number of amides is 1. The third-order valence-corrected chi connectivity index (χ3v) is 9.01. The number of fused-ring (bicyclic) bond motifs is 1. The van der Waals surface area contributed by atoms with Gasteiger partial charge in [-0.25, -0.2) is 0 Å². The van der Waals surface area contributed by atoms with Crippen molar-refractivity contribution < 1.29 is 9.53 Å². The van der Waals surface area contributed by atoms with E-state index in [1.54, 1.807) is 18.9 Å². The van der Waals surface area contributed by atoms with Crippen molar-refractivity contribution >= 4 is 23.4 Å². The van der Waals surface area contributed by atoms with Gasteiger partial charge >= 0.3 is 0 Å². The van der Waals surface area contributed by atoms with Crippen LogP contribution in [0, 0.1) is 5.92 Å². The lowest BCUT2D eigenvalue weighted by Gasteiger charge is -2.44. The minimum absolute atomic E-state index is 0.279. The van der Waals surface area contributed by atoms with Gasteiger partial charge in [0.25, 0.3) is 0 Å². The summed E-state index contributed by atoms with van der Waals surface area (Å²) >= 11 is 1.58. The Hall–Kier alpha value is -2.22. The smallest absolute Gasteiger partial charge is 0.233 e. The summed E-state index contributed by atoms with van der Waals surface area (Å²) in [7, 11) is 1.68. The van der Waals surface area contributed by atoms with E-state index >= 15 is 0 Å². The number of nitrogens with zero attached hydrogens (tertiary/aromatic N) is 4. The Bertz CT molecular complexity index is 988. The molecule has 35 heavy (non-hydrogen) atoms. The van der Waals surface area contributed by atoms with Crippen LogP contribution in [-0.4, -0.2) is 51.0 Å². The first-order valence-electron chi connectivity index (χ1n) is 13.5. The SMILES string of the molecule is COc1cccc(NCc2nnc(SCC(=O)N3CCC[C@H]4CCCC[C@@H]43)n2C2CCCCC2)c1. The summed E-state index contributed by atoms with van der Waals surface area (Å²) in [6.07, 6.45) is 13.6. The number of aromatic nitrogens is 3. The minimum atomic E-state index is 0.279. The third-order valence-electron chi connectivity index (χ3n) is 8.08. The summed E-state index contributed by atoms with van der Waals surface area (Å²) in [5.41, 5.74) is 0.999. The van der Waals surface area contributed by atoms with E-state index in [-0.39, 0.29) is 5.91 Å². The molecule has 1 aliphatic heterocycles. The average Bonchev–Trinajstić information content (AvgIpc) is 3.33. The molecular weight excluding hydrogens is 458 g/mol. The summed E-state index contributed by atoms with van der Waals surface area (Å²) in [6, 6.07) is 8.83. The lowest BCUT2D eigenvalue weighted by molar-refractivity contribution is -0.134. The fourth-order valence-corrected chi connectivity index (χ4v) is 7.20. The van der Waals surface area contributed by atoms with Gasteiger partial charge in [-0.3, -0.25) is 4.79 Å². The zero-order valence-electron chi connectivity index (χ0n) is 21.0. The number of benzene rings is 1. The van der Waals surface area contributed by atoms with Gasteiger partial charge in [0.05, 0.1) is 19.4 Å². The summed E-state index contributed by atoms with van der Waals surface area (Å²) in [6.45, 7) is 1.52. The van der Waals surface area contributed by atoms with E-state index in [2.05, 4.69) is 25.0 Å². The van der Waals surface area contributed by atoms with Crippen molar-refractivity contribution in [3.63, 3.8) is 0 Å². The highest BCUT2D eigenvalue weighted by atomic mass is 32.2. The highest BCUT2D eigenvalue weighted by Crippen LogP contribution is 2.37. The van der Waals surface area contributed by atoms with Crippen LogP contribution in [0.1, 0.15) is 82.5 Å². The normalized spacial score (nSPS) is 23.1. The van der Waals surface area contributed by atoms with Gasteiger partial charge in [0.1, 0.15) is 5.75 Å². The Morgan fingerprint density at radius 1 is 1.06 bits per heavy atom. The number of anilines is 1. The molecule has 190 valence electrons. The Balaban J connectivity index is 1.28. The Morgan fingerprint density at radius 2 is 1.86 bits per heavy atom. The van der Waals surface area contributed by atoms with Crippen molar-refractivity contribution in [3.8, 4) is 5.75 Å². The van der Waals surface area contributed by atoms with Gasteiger partial charge in [-0.2, -0.15) is 0 Å². The molecular formula is C27H39N5O2S. The number of hydrogen-bond donors (Lipinski definition) is 1. The number of nitrogens with one attached hydrogen (secondary N) is 1. The molecule has 2 atom stereocenters. The van der Waals surface area contributed by atoms with Gasteiger partial charge in [0.2, 0.25) is 5.91 Å². The molecule has 8 heteroatoms. The molecule has 0 radical (unpaired) electrons. The van der Waals surface area contributed by atoms with E-state index in [0.717, 1.165) is 48.2 Å². The van der Waals surface area contributed by atoms with Crippen LogP contribution in [0.15, 0.2) is 29.4 Å². The van der Waals surface area contributed by atoms with Crippen LogP contribution < -0.4 is 10.1 Å². The number of hydrogen-bond acceptors (Lipinski definition) is 6. The standard InChI is InChI=1S/C27H39N5O2S/c1-34-23-14-7-11-21(17-23)28-18-25-29-30-27(32(25)22-12-3-2-4-13-22)35-19-26(33)31-16-8-10-20-9-5-6-15-24(20)31/h7,11,14,17,20,22,24,28H,2-6,8-10,12-13,15-16,18-19H2,1H3/t20-,24+/m1/s1. The second kappa shape index (κ2) is 11.7. The Labute approximate surface area is 213 Å². The van der Waals surface area contributed by atoms with E-state index in [9.17, 15) is 4.79 Å². The van der Waals surface area contributed by atoms with Crippen LogP contribution in [0.3, 0.4) is 0 Å². The number of carbonyl (C=O) groups is 1. The number of carbonyl (C=O) groups excluding carboxylic acids is 1. The van der Waals surface area contributed by atoms with Gasteiger partial charge in [0.15, 0.2) is 11.0 Å². The number of likely N-dealkylation sites (tertiary alicyclic amines) is 1. The van der Waals surface area contributed by atoms with Crippen molar-refractivity contribution in [2.24, 2.45) is 5.92 Å². The molecule has 3 aliphatic rings. The first-order chi connectivity index (χ1) is 17.2. The third kappa shape index (κ3) is 5.79. The van der Waals surface area contributed by atoms with E-state index in [0.29, 0.717) is 30.3 Å². The number of methoxy groups -OCH3 is 1. The average molecular weight is 498 g/mol. The Morgan fingerprint density at radius 3 is 2.71 bits per heavy atom. The highest BCUT2D eigenvalue weighted by molar-refractivity contribution is 7.99. The lowest BCUT2D eigenvalue weighted by atomic mass is 9.78. The van der Waals surface area contributed by atoms with Gasteiger partial charge < -0.3 is 19.5 Å². The first-order valence-corrected chi connectivity index (χ1v) is 14.5. The summed E-state index contributed by atoms with van der Waals surface area (Å²) < 4.78 is 7.68. The molecule has 2 aromatic rings. The van der Waals surface area contributed by atoms with Gasteiger partial charge in [0, 0.05) is 30.4 Å². The predicted molar refractivity (Wildman–Crippen MR) is 140 cm³/mol. The molecule has 2 heterocycles. The zero-order chi connectivity index (χ0) is 24.0. The van der Waals surface area contributed by atoms with Crippen molar-refractivity contribution in [2.75, 3.05) is 24.7 Å². The maximum Gasteiger partial charge on any atom is 0.233 e. The second-order valence-electron chi connectivity index (χ2n) is 10.3. The monoisotopic (exact) mass is 497 g/mol. The molecule has 1 aromatic carbocycles. The van der Waals surface area contributed by atoms with Gasteiger partial charge in [-0.1, -0.05) is 49.9 Å². The summed E-state index contributed by atoms with van der Waals surface area (Å²) in [5, 5.41) is 13.5. The van der Waals surface area contributed by atoms with Crippen LogP contribution in [0.4, 0.5) is 5.69 Å². The molecule has 0 unspecified atom stereocenters. The quantitative estimate of drug-likeness (QED) is 0.473. The molecule has 1 amide bonds. The van der Waals surface area contributed by atoms with Crippen LogP contribution in [0.5, 0.6) is 5.75 Å². The Kier molecular flexibility index (Phi) is 8.16. The van der Waals surface area contributed by atoms with Crippen molar-refractivity contribution in [3.05, 3.63) is 30.1 Å². The number of piperidine rings is 1. The molecule has 1 aromatic heterocycles. The molecule has 5 rings (SSSR count). The van der Waals surface area contributed by atoms with Gasteiger partial charge in [-0.15, -0.1) is 10.2 Å². The van der Waals surface area contributed by atoms with Crippen LogP contribution >= 0.6 is 11.8 Å². The molecule has 2 aliphatic carbocycles. The maximum absolute atomic E-state index is 13.3. The lowest BCUT2D eigenvalue weighted by Crippen LogP contribution is -2.50. The number of ether oxygens (including phenoxy) is 1. The van der Waals surface area contributed by atoms with E-state index in [1.807, 2.05) is 24.3 Å². The summed E-state index contributed by atoms with van der Waals surface area (Å²) in [5.74, 6) is 3.22.